The summed E-state index contributed by atoms with van der Waals surface area (Å²) in [6.45, 7) is 6.50. The zero-order valence-electron chi connectivity index (χ0n) is 15.0. The van der Waals surface area contributed by atoms with Gasteiger partial charge in [0.1, 0.15) is 0 Å². The van der Waals surface area contributed by atoms with Crippen molar-refractivity contribution in [2.45, 2.75) is 31.3 Å². The van der Waals surface area contributed by atoms with Crippen LogP contribution in [-0.4, -0.2) is 84.3 Å². The number of hydrogen-bond donors (Lipinski definition) is 0. The SMILES string of the molecule is CCn1cnc(S(=O)(=O)N2CCC[C@@H](C(=O)N3CCN(C)CC3)C2)c1. The molecule has 140 valence electrons. The first-order valence-electron chi connectivity index (χ1n) is 8.91. The summed E-state index contributed by atoms with van der Waals surface area (Å²) in [7, 11) is -1.59. The summed E-state index contributed by atoms with van der Waals surface area (Å²) in [6, 6.07) is 0. The smallest absolute Gasteiger partial charge is 0.262 e. The van der Waals surface area contributed by atoms with Gasteiger partial charge in [-0.15, -0.1) is 0 Å². The molecule has 0 radical (unpaired) electrons. The number of aryl methyl sites for hydroxylation is 1. The third-order valence-corrected chi connectivity index (χ3v) is 6.88. The molecule has 2 aliphatic rings. The molecule has 3 heterocycles. The molecule has 0 unspecified atom stereocenters. The number of piperazine rings is 1. The van der Waals surface area contributed by atoms with Gasteiger partial charge in [0.15, 0.2) is 5.03 Å². The molecule has 0 saturated carbocycles. The lowest BCUT2D eigenvalue weighted by atomic mass is 9.98. The highest BCUT2D eigenvalue weighted by Crippen LogP contribution is 2.24. The minimum atomic E-state index is -3.63. The number of hydrogen-bond acceptors (Lipinski definition) is 5. The third kappa shape index (κ3) is 3.88. The van der Waals surface area contributed by atoms with E-state index in [0.29, 0.717) is 19.5 Å². The van der Waals surface area contributed by atoms with Gasteiger partial charge in [0.05, 0.1) is 12.2 Å². The van der Waals surface area contributed by atoms with Gasteiger partial charge in [-0.25, -0.2) is 13.4 Å². The monoisotopic (exact) mass is 369 g/mol. The Morgan fingerprint density at radius 3 is 2.60 bits per heavy atom. The number of carbonyl (C=O) groups excluding carboxylic acids is 1. The zero-order chi connectivity index (χ0) is 18.0. The van der Waals surface area contributed by atoms with Crippen LogP contribution in [0.2, 0.25) is 0 Å². The van der Waals surface area contributed by atoms with Crippen LogP contribution < -0.4 is 0 Å². The van der Waals surface area contributed by atoms with Gasteiger partial charge < -0.3 is 14.4 Å². The van der Waals surface area contributed by atoms with Crippen LogP contribution in [0, 0.1) is 5.92 Å². The number of imidazole rings is 1. The van der Waals surface area contributed by atoms with E-state index < -0.39 is 10.0 Å². The number of piperidine rings is 1. The van der Waals surface area contributed by atoms with E-state index in [1.807, 2.05) is 18.9 Å². The second-order valence-corrected chi connectivity index (χ2v) is 8.76. The van der Waals surface area contributed by atoms with Crippen LogP contribution in [0.25, 0.3) is 0 Å². The van der Waals surface area contributed by atoms with E-state index in [0.717, 1.165) is 32.6 Å². The summed E-state index contributed by atoms with van der Waals surface area (Å²) in [5.74, 6) is -0.160. The standard InChI is InChI=1S/C16H27N5O3S/c1-3-19-12-15(17-13-19)25(23,24)21-6-4-5-14(11-21)16(22)20-9-7-18(2)8-10-20/h12-14H,3-11H2,1-2H3/t14-/m1/s1. The molecule has 0 bridgehead atoms. The zero-order valence-corrected chi connectivity index (χ0v) is 15.8. The fraction of sp³-hybridized carbons (Fsp3) is 0.750. The Morgan fingerprint density at radius 1 is 1.24 bits per heavy atom. The average Bonchev–Trinajstić information content (AvgIpc) is 3.12. The fourth-order valence-corrected chi connectivity index (χ4v) is 4.88. The number of carbonyl (C=O) groups is 1. The Labute approximate surface area is 149 Å². The van der Waals surface area contributed by atoms with Crippen molar-refractivity contribution in [2.24, 2.45) is 5.92 Å². The molecule has 2 saturated heterocycles. The van der Waals surface area contributed by atoms with Crippen molar-refractivity contribution in [3.8, 4) is 0 Å². The maximum absolute atomic E-state index is 12.8. The summed E-state index contributed by atoms with van der Waals surface area (Å²) >= 11 is 0. The number of rotatable bonds is 4. The molecule has 3 rings (SSSR count). The minimum absolute atomic E-state index is 0.0713. The summed E-state index contributed by atoms with van der Waals surface area (Å²) in [6.07, 6.45) is 4.55. The minimum Gasteiger partial charge on any atom is -0.340 e. The highest BCUT2D eigenvalue weighted by atomic mass is 32.2. The molecule has 1 aromatic rings. The first-order valence-corrected chi connectivity index (χ1v) is 10.3. The molecule has 8 nitrogen and oxygen atoms in total. The van der Waals surface area contributed by atoms with Gasteiger partial charge in [0.2, 0.25) is 5.91 Å². The Hall–Kier alpha value is -1.45. The Kier molecular flexibility index (Phi) is 5.45. The number of sulfonamides is 1. The summed E-state index contributed by atoms with van der Waals surface area (Å²) in [5, 5.41) is 0.0713. The largest absolute Gasteiger partial charge is 0.340 e. The van der Waals surface area contributed by atoms with E-state index >= 15 is 0 Å². The van der Waals surface area contributed by atoms with E-state index in [9.17, 15) is 13.2 Å². The second-order valence-electron chi connectivity index (χ2n) is 6.87. The number of aromatic nitrogens is 2. The van der Waals surface area contributed by atoms with Crippen molar-refractivity contribution < 1.29 is 13.2 Å². The van der Waals surface area contributed by atoms with Crippen LogP contribution in [0.3, 0.4) is 0 Å². The first kappa shape index (κ1) is 18.3. The van der Waals surface area contributed by atoms with Crippen LogP contribution in [0.5, 0.6) is 0 Å². The quantitative estimate of drug-likeness (QED) is 0.751. The van der Waals surface area contributed by atoms with E-state index in [-0.39, 0.29) is 23.4 Å². The number of nitrogens with zero attached hydrogens (tertiary/aromatic N) is 5. The van der Waals surface area contributed by atoms with Crippen molar-refractivity contribution in [3.63, 3.8) is 0 Å². The van der Waals surface area contributed by atoms with Crippen molar-refractivity contribution in [1.29, 1.82) is 0 Å². The van der Waals surface area contributed by atoms with Crippen LogP contribution in [-0.2, 0) is 21.4 Å². The van der Waals surface area contributed by atoms with E-state index in [1.54, 1.807) is 10.8 Å². The Bertz CT molecular complexity index is 709. The molecular formula is C16H27N5O3S. The molecule has 0 spiro atoms. The summed E-state index contributed by atoms with van der Waals surface area (Å²) in [5.41, 5.74) is 0. The maximum atomic E-state index is 12.8. The van der Waals surface area contributed by atoms with Crippen molar-refractivity contribution >= 4 is 15.9 Å². The molecule has 2 aliphatic heterocycles. The van der Waals surface area contributed by atoms with Crippen molar-refractivity contribution in [2.75, 3.05) is 46.3 Å². The molecule has 1 atom stereocenters. The van der Waals surface area contributed by atoms with E-state index in [1.165, 1.54) is 10.6 Å². The molecule has 2 fully saturated rings. The van der Waals surface area contributed by atoms with Crippen LogP contribution in [0.4, 0.5) is 0 Å². The van der Waals surface area contributed by atoms with Gasteiger partial charge in [0.25, 0.3) is 10.0 Å². The van der Waals surface area contributed by atoms with Gasteiger partial charge in [-0.2, -0.15) is 4.31 Å². The van der Waals surface area contributed by atoms with Gasteiger partial charge in [0, 0.05) is 52.0 Å². The average molecular weight is 369 g/mol. The molecular weight excluding hydrogens is 342 g/mol. The lowest BCUT2D eigenvalue weighted by molar-refractivity contribution is -0.138. The first-order chi connectivity index (χ1) is 11.9. The lowest BCUT2D eigenvalue weighted by Crippen LogP contribution is -2.52. The molecule has 0 N–H and O–H groups in total. The molecule has 25 heavy (non-hydrogen) atoms. The normalized spacial score (nSPS) is 23.8. The van der Waals surface area contributed by atoms with Gasteiger partial charge in [-0.1, -0.05) is 0 Å². The lowest BCUT2D eigenvalue weighted by Gasteiger charge is -2.37. The van der Waals surface area contributed by atoms with Crippen LogP contribution in [0.15, 0.2) is 17.6 Å². The predicted molar refractivity (Wildman–Crippen MR) is 93.5 cm³/mol. The van der Waals surface area contributed by atoms with Gasteiger partial charge in [-0.05, 0) is 26.8 Å². The molecule has 1 amide bonds. The molecule has 0 aromatic carbocycles. The predicted octanol–water partition coefficient (Wildman–Crippen LogP) is 0.0777. The highest BCUT2D eigenvalue weighted by Gasteiger charge is 2.36. The maximum Gasteiger partial charge on any atom is 0.262 e. The Balaban J connectivity index is 1.69. The van der Waals surface area contributed by atoms with Crippen molar-refractivity contribution in [1.82, 2.24) is 23.7 Å². The third-order valence-electron chi connectivity index (χ3n) is 5.13. The van der Waals surface area contributed by atoms with Crippen LogP contribution in [0.1, 0.15) is 19.8 Å². The highest BCUT2D eigenvalue weighted by molar-refractivity contribution is 7.89. The van der Waals surface area contributed by atoms with Crippen LogP contribution >= 0.6 is 0 Å². The van der Waals surface area contributed by atoms with E-state index in [4.69, 9.17) is 0 Å². The molecule has 9 heteroatoms. The fourth-order valence-electron chi connectivity index (χ4n) is 3.43. The number of amides is 1. The molecule has 0 aliphatic carbocycles. The summed E-state index contributed by atoms with van der Waals surface area (Å²) in [4.78, 5) is 20.9. The second kappa shape index (κ2) is 7.43. The topological polar surface area (TPSA) is 78.8 Å². The number of likely N-dealkylation sites (N-methyl/N-ethyl adjacent to an activating group) is 1. The summed E-state index contributed by atoms with van der Waals surface area (Å²) < 4.78 is 28.8. The van der Waals surface area contributed by atoms with Gasteiger partial charge >= 0.3 is 0 Å². The van der Waals surface area contributed by atoms with E-state index in [2.05, 4.69) is 9.88 Å². The van der Waals surface area contributed by atoms with Crippen molar-refractivity contribution in [3.05, 3.63) is 12.5 Å². The Morgan fingerprint density at radius 2 is 1.96 bits per heavy atom. The van der Waals surface area contributed by atoms with Gasteiger partial charge in [-0.3, -0.25) is 4.79 Å². The molecule has 1 aromatic heterocycles.